The molecule has 2 atom stereocenters. The fourth-order valence-electron chi connectivity index (χ4n) is 2.04. The molecule has 0 saturated heterocycles. The maximum Gasteiger partial charge on any atom is 0.475 e. The van der Waals surface area contributed by atoms with Crippen molar-refractivity contribution < 1.29 is 24.4 Å². The van der Waals surface area contributed by atoms with Crippen LogP contribution in [0, 0.1) is 5.92 Å². The molecule has 0 aliphatic rings. The zero-order valence-corrected chi connectivity index (χ0v) is 14.0. The number of ether oxygens (including phenoxy) is 1. The molecule has 1 heterocycles. The zero-order chi connectivity index (χ0) is 18.1. The number of nitrogens with zero attached hydrogens (tertiary/aromatic N) is 2. The summed E-state index contributed by atoms with van der Waals surface area (Å²) in [6.45, 7) is 3.71. The molecule has 0 saturated carbocycles. The van der Waals surface area contributed by atoms with Crippen LogP contribution >= 0.6 is 0 Å². The van der Waals surface area contributed by atoms with E-state index in [-0.39, 0.29) is 18.2 Å². The first-order valence-electron chi connectivity index (χ1n) is 7.57. The third-order valence-electron chi connectivity index (χ3n) is 3.16. The van der Waals surface area contributed by atoms with Crippen LogP contribution in [-0.4, -0.2) is 64.6 Å². The number of carbonyl (C=O) groups excluding carboxylic acids is 2. The number of aromatic nitrogens is 2. The van der Waals surface area contributed by atoms with Gasteiger partial charge in [-0.05, 0) is 12.3 Å². The molecular weight excluding hydrogens is 315 g/mol. The van der Waals surface area contributed by atoms with E-state index < -0.39 is 30.9 Å². The van der Waals surface area contributed by atoms with Crippen molar-refractivity contribution in [2.75, 3.05) is 13.7 Å². The van der Waals surface area contributed by atoms with Gasteiger partial charge in [0, 0.05) is 19.5 Å². The summed E-state index contributed by atoms with van der Waals surface area (Å²) in [7, 11) is -0.309. The van der Waals surface area contributed by atoms with Crippen LogP contribution in [-0.2, 0) is 9.53 Å². The van der Waals surface area contributed by atoms with Crippen LogP contribution in [0.25, 0.3) is 0 Å². The Bertz CT molecular complexity index is 529. The van der Waals surface area contributed by atoms with Gasteiger partial charge in [-0.3, -0.25) is 14.6 Å². The summed E-state index contributed by atoms with van der Waals surface area (Å²) in [5.41, 5.74) is 0.0623. The van der Waals surface area contributed by atoms with Crippen molar-refractivity contribution in [3.63, 3.8) is 0 Å². The highest BCUT2D eigenvalue weighted by Gasteiger charge is 2.30. The topological polar surface area (TPSA) is 134 Å². The summed E-state index contributed by atoms with van der Waals surface area (Å²) >= 11 is 0. The van der Waals surface area contributed by atoms with Gasteiger partial charge in [0.15, 0.2) is 0 Å². The smallest absolute Gasteiger partial charge is 0.426 e. The average molecular weight is 338 g/mol. The molecule has 24 heavy (non-hydrogen) atoms. The highest BCUT2D eigenvalue weighted by Crippen LogP contribution is 2.06. The van der Waals surface area contributed by atoms with E-state index in [0.29, 0.717) is 6.42 Å². The molecule has 4 N–H and O–H groups in total. The Hall–Kier alpha value is -2.04. The standard InChI is InChI=1S/C14H23BN4O5/c1-9(2)6-12(15(22)23)19-14(21)11(8-24-3)18-13(20)10-7-16-4-5-17-10/h4-5,7,9,11-12,22-23H,6,8H2,1-3H3,(H,18,20)(H,19,21). The Morgan fingerprint density at radius 3 is 2.50 bits per heavy atom. The van der Waals surface area contributed by atoms with Crippen molar-refractivity contribution >= 4 is 18.9 Å². The van der Waals surface area contributed by atoms with E-state index in [1.54, 1.807) is 0 Å². The highest BCUT2D eigenvalue weighted by molar-refractivity contribution is 6.43. The first-order valence-corrected chi connectivity index (χ1v) is 7.57. The number of amides is 2. The second-order valence-electron chi connectivity index (χ2n) is 5.73. The summed E-state index contributed by atoms with van der Waals surface area (Å²) in [4.78, 5) is 32.1. The molecule has 132 valence electrons. The Morgan fingerprint density at radius 1 is 1.29 bits per heavy atom. The van der Waals surface area contributed by atoms with Gasteiger partial charge in [0.1, 0.15) is 11.7 Å². The molecule has 1 aromatic heterocycles. The Balaban J connectivity index is 2.75. The quantitative estimate of drug-likeness (QED) is 0.414. The molecule has 0 fully saturated rings. The van der Waals surface area contributed by atoms with Crippen molar-refractivity contribution in [2.45, 2.75) is 32.3 Å². The predicted octanol–water partition coefficient (Wildman–Crippen LogP) is -1.24. The lowest BCUT2D eigenvalue weighted by atomic mass is 9.75. The Morgan fingerprint density at radius 2 is 2.00 bits per heavy atom. The van der Waals surface area contributed by atoms with Gasteiger partial charge >= 0.3 is 7.12 Å². The van der Waals surface area contributed by atoms with E-state index in [9.17, 15) is 19.6 Å². The van der Waals surface area contributed by atoms with E-state index in [0.717, 1.165) is 0 Å². The molecule has 10 heteroatoms. The average Bonchev–Trinajstić information content (AvgIpc) is 2.54. The molecule has 1 rings (SSSR count). The molecule has 2 unspecified atom stereocenters. The Labute approximate surface area is 141 Å². The second kappa shape index (κ2) is 9.96. The molecule has 0 spiro atoms. The summed E-state index contributed by atoms with van der Waals surface area (Å²) in [6.07, 6.45) is 4.44. The molecule has 0 radical (unpaired) electrons. The normalized spacial score (nSPS) is 13.2. The maximum atomic E-state index is 12.3. The largest absolute Gasteiger partial charge is 0.475 e. The first kappa shape index (κ1) is 20.0. The van der Waals surface area contributed by atoms with Crippen LogP contribution in [0.2, 0.25) is 0 Å². The predicted molar refractivity (Wildman–Crippen MR) is 86.7 cm³/mol. The molecule has 2 amide bonds. The zero-order valence-electron chi connectivity index (χ0n) is 14.0. The highest BCUT2D eigenvalue weighted by atomic mass is 16.5. The minimum atomic E-state index is -1.70. The van der Waals surface area contributed by atoms with Gasteiger partial charge < -0.3 is 25.4 Å². The fraction of sp³-hybridized carbons (Fsp3) is 0.571. The van der Waals surface area contributed by atoms with Crippen LogP contribution in [0.3, 0.4) is 0 Å². The fourth-order valence-corrected chi connectivity index (χ4v) is 2.04. The first-order chi connectivity index (χ1) is 11.3. The van der Waals surface area contributed by atoms with E-state index >= 15 is 0 Å². The van der Waals surface area contributed by atoms with Crippen LogP contribution in [0.1, 0.15) is 30.8 Å². The second-order valence-corrected chi connectivity index (χ2v) is 5.73. The van der Waals surface area contributed by atoms with Crippen LogP contribution in [0.4, 0.5) is 0 Å². The number of nitrogens with one attached hydrogen (secondary N) is 2. The molecular formula is C14H23BN4O5. The lowest BCUT2D eigenvalue weighted by Crippen LogP contribution is -2.55. The minimum Gasteiger partial charge on any atom is -0.426 e. The number of rotatable bonds is 9. The third-order valence-corrected chi connectivity index (χ3v) is 3.16. The van der Waals surface area contributed by atoms with Gasteiger partial charge in [-0.15, -0.1) is 0 Å². The van der Waals surface area contributed by atoms with Crippen molar-refractivity contribution in [1.29, 1.82) is 0 Å². The molecule has 0 bridgehead atoms. The van der Waals surface area contributed by atoms with E-state index in [1.807, 2.05) is 13.8 Å². The summed E-state index contributed by atoms with van der Waals surface area (Å²) in [6, 6.07) is -1.00. The molecule has 0 aliphatic carbocycles. The van der Waals surface area contributed by atoms with E-state index in [4.69, 9.17) is 4.74 Å². The van der Waals surface area contributed by atoms with Gasteiger partial charge in [0.25, 0.3) is 5.91 Å². The Kier molecular flexibility index (Phi) is 8.30. The van der Waals surface area contributed by atoms with Crippen LogP contribution < -0.4 is 10.6 Å². The van der Waals surface area contributed by atoms with E-state index in [1.165, 1.54) is 25.7 Å². The van der Waals surface area contributed by atoms with Gasteiger partial charge in [0.2, 0.25) is 5.91 Å². The lowest BCUT2D eigenvalue weighted by molar-refractivity contribution is -0.124. The van der Waals surface area contributed by atoms with Gasteiger partial charge in [-0.2, -0.15) is 0 Å². The van der Waals surface area contributed by atoms with Crippen molar-refractivity contribution in [3.05, 3.63) is 24.3 Å². The number of carbonyl (C=O) groups is 2. The lowest BCUT2D eigenvalue weighted by Gasteiger charge is -2.23. The molecule has 1 aromatic rings. The summed E-state index contributed by atoms with van der Waals surface area (Å²) < 4.78 is 4.95. The van der Waals surface area contributed by atoms with Crippen molar-refractivity contribution in [2.24, 2.45) is 5.92 Å². The number of hydrogen-bond acceptors (Lipinski definition) is 7. The summed E-state index contributed by atoms with van der Waals surface area (Å²) in [5.74, 6) is -1.85. The monoisotopic (exact) mass is 338 g/mol. The number of methoxy groups -OCH3 is 1. The van der Waals surface area contributed by atoms with Gasteiger partial charge in [0.05, 0.1) is 18.7 Å². The van der Waals surface area contributed by atoms with Crippen LogP contribution in [0.15, 0.2) is 18.6 Å². The van der Waals surface area contributed by atoms with Gasteiger partial charge in [-0.1, -0.05) is 13.8 Å². The SMILES string of the molecule is COCC(NC(=O)c1cnccn1)C(=O)NC(CC(C)C)B(O)O. The molecule has 0 aromatic carbocycles. The summed E-state index contributed by atoms with van der Waals surface area (Å²) in [5, 5.41) is 23.8. The van der Waals surface area contributed by atoms with Gasteiger partial charge in [-0.25, -0.2) is 4.98 Å². The van der Waals surface area contributed by atoms with Crippen LogP contribution in [0.5, 0.6) is 0 Å². The third kappa shape index (κ3) is 6.61. The van der Waals surface area contributed by atoms with Crippen molar-refractivity contribution in [1.82, 2.24) is 20.6 Å². The minimum absolute atomic E-state index is 0.0623. The molecule has 9 nitrogen and oxygen atoms in total. The van der Waals surface area contributed by atoms with E-state index in [2.05, 4.69) is 20.6 Å². The number of hydrogen-bond donors (Lipinski definition) is 4. The molecule has 0 aliphatic heterocycles. The maximum absolute atomic E-state index is 12.3. The van der Waals surface area contributed by atoms with Crippen molar-refractivity contribution in [3.8, 4) is 0 Å².